The molecule has 0 saturated carbocycles. The van der Waals surface area contributed by atoms with Crippen LogP contribution in [0.25, 0.3) is 0 Å². The van der Waals surface area contributed by atoms with Gasteiger partial charge in [-0.2, -0.15) is 0 Å². The molecule has 3 nitrogen and oxygen atoms in total. The van der Waals surface area contributed by atoms with Gasteiger partial charge in [0.15, 0.2) is 0 Å². The van der Waals surface area contributed by atoms with E-state index in [1.807, 2.05) is 6.07 Å². The molecular formula is C17H15ClF2N2O. The predicted octanol–water partition coefficient (Wildman–Crippen LogP) is 4.99. The molecule has 0 radical (unpaired) electrons. The van der Waals surface area contributed by atoms with E-state index in [9.17, 15) is 13.6 Å². The summed E-state index contributed by atoms with van der Waals surface area (Å²) in [7, 11) is 0. The van der Waals surface area contributed by atoms with Gasteiger partial charge in [0.2, 0.25) is 0 Å². The van der Waals surface area contributed by atoms with Crippen LogP contribution in [0.3, 0.4) is 0 Å². The lowest BCUT2D eigenvalue weighted by Gasteiger charge is -2.25. The van der Waals surface area contributed by atoms with Gasteiger partial charge in [-0.05, 0) is 48.7 Å². The smallest absolute Gasteiger partial charge is 0.317 e. The van der Waals surface area contributed by atoms with Gasteiger partial charge in [-0.15, -0.1) is 0 Å². The first-order chi connectivity index (χ1) is 11.0. The van der Waals surface area contributed by atoms with Crippen molar-refractivity contribution in [3.8, 4) is 0 Å². The molecule has 1 N–H and O–H groups in total. The Morgan fingerprint density at radius 2 is 2.04 bits per heavy atom. The van der Waals surface area contributed by atoms with Gasteiger partial charge < -0.3 is 10.2 Å². The lowest BCUT2D eigenvalue weighted by atomic mass is 10.0. The van der Waals surface area contributed by atoms with Crippen molar-refractivity contribution in [1.82, 2.24) is 4.90 Å². The number of hydrogen-bond donors (Lipinski definition) is 1. The van der Waals surface area contributed by atoms with E-state index in [2.05, 4.69) is 5.32 Å². The molecule has 1 aliphatic heterocycles. The zero-order chi connectivity index (χ0) is 16.4. The van der Waals surface area contributed by atoms with Crippen LogP contribution in [0.5, 0.6) is 0 Å². The maximum absolute atomic E-state index is 13.4. The van der Waals surface area contributed by atoms with Crippen molar-refractivity contribution in [2.45, 2.75) is 18.9 Å². The summed E-state index contributed by atoms with van der Waals surface area (Å²) in [5.74, 6) is -0.858. The first kappa shape index (κ1) is 15.7. The van der Waals surface area contributed by atoms with Crippen LogP contribution in [-0.4, -0.2) is 17.5 Å². The number of halogens is 3. The Bertz CT molecular complexity index is 738. The lowest BCUT2D eigenvalue weighted by molar-refractivity contribution is 0.207. The molecule has 3 rings (SSSR count). The zero-order valence-corrected chi connectivity index (χ0v) is 13.0. The second-order valence-electron chi connectivity index (χ2n) is 5.47. The first-order valence-corrected chi connectivity index (χ1v) is 7.70. The van der Waals surface area contributed by atoms with Crippen LogP contribution >= 0.6 is 11.6 Å². The molecule has 2 aromatic carbocycles. The highest BCUT2D eigenvalue weighted by Crippen LogP contribution is 2.32. The summed E-state index contributed by atoms with van der Waals surface area (Å²) in [5.41, 5.74) is 1.20. The number of carbonyl (C=O) groups is 1. The minimum absolute atomic E-state index is 0.0501. The third-order valence-corrected chi connectivity index (χ3v) is 4.21. The van der Waals surface area contributed by atoms with Gasteiger partial charge in [0.05, 0.1) is 11.1 Å². The molecular weight excluding hydrogens is 322 g/mol. The maximum Gasteiger partial charge on any atom is 0.322 e. The van der Waals surface area contributed by atoms with Crippen molar-refractivity contribution in [1.29, 1.82) is 0 Å². The summed E-state index contributed by atoms with van der Waals surface area (Å²) in [4.78, 5) is 14.1. The Labute approximate surface area is 137 Å². The average Bonchev–Trinajstić information content (AvgIpc) is 3.00. The van der Waals surface area contributed by atoms with E-state index >= 15 is 0 Å². The summed E-state index contributed by atoms with van der Waals surface area (Å²) in [5, 5.41) is 2.66. The number of amides is 2. The average molecular weight is 337 g/mol. The molecule has 1 saturated heterocycles. The van der Waals surface area contributed by atoms with Crippen molar-refractivity contribution < 1.29 is 13.6 Å². The summed E-state index contributed by atoms with van der Waals surface area (Å²) < 4.78 is 26.6. The number of benzene rings is 2. The van der Waals surface area contributed by atoms with Gasteiger partial charge in [0, 0.05) is 12.2 Å². The van der Waals surface area contributed by atoms with Crippen molar-refractivity contribution in [2.24, 2.45) is 0 Å². The van der Waals surface area contributed by atoms with Gasteiger partial charge in [0.25, 0.3) is 0 Å². The predicted molar refractivity (Wildman–Crippen MR) is 85.5 cm³/mol. The molecule has 6 heteroatoms. The molecule has 0 aliphatic carbocycles. The van der Waals surface area contributed by atoms with Crippen molar-refractivity contribution in [2.75, 3.05) is 11.9 Å². The van der Waals surface area contributed by atoms with E-state index in [0.717, 1.165) is 18.4 Å². The molecule has 2 aromatic rings. The van der Waals surface area contributed by atoms with E-state index in [4.69, 9.17) is 11.6 Å². The summed E-state index contributed by atoms with van der Waals surface area (Å²) in [6.45, 7) is 0.585. The topological polar surface area (TPSA) is 32.3 Å². The van der Waals surface area contributed by atoms with Crippen LogP contribution in [0.15, 0.2) is 42.5 Å². The van der Waals surface area contributed by atoms with Crippen molar-refractivity contribution in [3.05, 3.63) is 64.7 Å². The van der Waals surface area contributed by atoms with E-state index in [1.165, 1.54) is 30.3 Å². The molecule has 120 valence electrons. The third kappa shape index (κ3) is 3.45. The number of nitrogens with one attached hydrogen (secondary N) is 1. The highest BCUT2D eigenvalue weighted by molar-refractivity contribution is 6.31. The normalized spacial score (nSPS) is 17.3. The lowest BCUT2D eigenvalue weighted by Crippen LogP contribution is -2.34. The molecule has 1 atom stereocenters. The molecule has 0 bridgehead atoms. The van der Waals surface area contributed by atoms with Crippen molar-refractivity contribution >= 4 is 23.3 Å². The Morgan fingerprint density at radius 1 is 1.22 bits per heavy atom. The minimum atomic E-state index is -0.538. The van der Waals surface area contributed by atoms with Gasteiger partial charge in [-0.3, -0.25) is 0 Å². The molecule has 1 heterocycles. The highest BCUT2D eigenvalue weighted by Gasteiger charge is 2.30. The quantitative estimate of drug-likeness (QED) is 0.823. The van der Waals surface area contributed by atoms with Crippen LogP contribution in [0.4, 0.5) is 19.3 Å². The fourth-order valence-corrected chi connectivity index (χ4v) is 3.02. The SMILES string of the molecule is O=C(Nc1ccc(F)c(Cl)c1)N1CCC[C@H]1c1cccc(F)c1. The summed E-state index contributed by atoms with van der Waals surface area (Å²) in [6, 6.07) is 9.82. The number of rotatable bonds is 2. The van der Waals surface area contributed by atoms with Crippen LogP contribution in [-0.2, 0) is 0 Å². The second kappa shape index (κ2) is 6.54. The molecule has 23 heavy (non-hydrogen) atoms. The number of anilines is 1. The summed E-state index contributed by atoms with van der Waals surface area (Å²) >= 11 is 5.72. The van der Waals surface area contributed by atoms with Gasteiger partial charge in [-0.25, -0.2) is 13.6 Å². The maximum atomic E-state index is 13.4. The van der Waals surface area contributed by atoms with Crippen LogP contribution in [0.1, 0.15) is 24.4 Å². The summed E-state index contributed by atoms with van der Waals surface area (Å²) in [6.07, 6.45) is 1.62. The van der Waals surface area contributed by atoms with Gasteiger partial charge >= 0.3 is 6.03 Å². The Morgan fingerprint density at radius 3 is 2.78 bits per heavy atom. The Kier molecular flexibility index (Phi) is 4.48. The van der Waals surface area contributed by atoms with Crippen LogP contribution < -0.4 is 5.32 Å². The number of carbonyl (C=O) groups excluding carboxylic acids is 1. The third-order valence-electron chi connectivity index (χ3n) is 3.92. The molecule has 2 amide bonds. The van der Waals surface area contributed by atoms with E-state index < -0.39 is 5.82 Å². The largest absolute Gasteiger partial charge is 0.322 e. The minimum Gasteiger partial charge on any atom is -0.317 e. The fourth-order valence-electron chi connectivity index (χ4n) is 2.84. The standard InChI is InChI=1S/C17H15ClF2N2O/c18-14-10-13(6-7-15(14)20)21-17(23)22-8-2-5-16(22)11-3-1-4-12(19)9-11/h1,3-4,6-7,9-10,16H,2,5,8H2,(H,21,23)/t16-/m0/s1. The molecule has 0 unspecified atom stereocenters. The number of nitrogens with zero attached hydrogens (tertiary/aromatic N) is 1. The van der Waals surface area contributed by atoms with Crippen LogP contribution in [0, 0.1) is 11.6 Å². The van der Waals surface area contributed by atoms with E-state index in [1.54, 1.807) is 11.0 Å². The highest BCUT2D eigenvalue weighted by atomic mass is 35.5. The van der Waals surface area contributed by atoms with E-state index in [0.29, 0.717) is 12.2 Å². The molecule has 0 spiro atoms. The van der Waals surface area contributed by atoms with E-state index in [-0.39, 0.29) is 22.9 Å². The fraction of sp³-hybridized carbons (Fsp3) is 0.235. The Hall–Kier alpha value is -2.14. The monoisotopic (exact) mass is 336 g/mol. The first-order valence-electron chi connectivity index (χ1n) is 7.33. The molecule has 1 aliphatic rings. The zero-order valence-electron chi connectivity index (χ0n) is 12.2. The van der Waals surface area contributed by atoms with Gasteiger partial charge in [0.1, 0.15) is 11.6 Å². The van der Waals surface area contributed by atoms with Crippen LogP contribution in [0.2, 0.25) is 5.02 Å². The number of urea groups is 1. The number of hydrogen-bond acceptors (Lipinski definition) is 1. The second-order valence-corrected chi connectivity index (χ2v) is 5.87. The molecule has 1 fully saturated rings. The Balaban J connectivity index is 1.76. The molecule has 0 aromatic heterocycles. The number of likely N-dealkylation sites (tertiary alicyclic amines) is 1. The van der Waals surface area contributed by atoms with Crippen molar-refractivity contribution in [3.63, 3.8) is 0 Å². The van der Waals surface area contributed by atoms with Gasteiger partial charge in [-0.1, -0.05) is 23.7 Å².